The molecule has 1 rings (SSSR count). The lowest BCUT2D eigenvalue weighted by Crippen LogP contribution is -2.10. The highest BCUT2D eigenvalue weighted by atomic mass is 16.6. The Balaban J connectivity index is 2.28. The molecule has 0 aromatic carbocycles. The van der Waals surface area contributed by atoms with Gasteiger partial charge < -0.3 is 10.0 Å². The lowest BCUT2D eigenvalue weighted by atomic mass is 10.0. The van der Waals surface area contributed by atoms with Crippen LogP contribution in [0, 0.1) is 17.2 Å². The third-order valence-electron chi connectivity index (χ3n) is 1.88. The molecule has 72 valence electrons. The van der Waals surface area contributed by atoms with Crippen LogP contribution in [0.15, 0.2) is 5.16 Å². The van der Waals surface area contributed by atoms with Crippen molar-refractivity contribution in [2.24, 2.45) is 11.1 Å². The summed E-state index contributed by atoms with van der Waals surface area (Å²) in [6, 6.07) is 2.32. The molecule has 1 unspecified atom stereocenters. The first-order valence-corrected chi connectivity index (χ1v) is 4.49. The normalized spacial score (nSPS) is 20.5. The Labute approximate surface area is 78.0 Å². The third-order valence-corrected chi connectivity index (χ3v) is 1.88. The molecule has 0 aliphatic carbocycles. The van der Waals surface area contributed by atoms with E-state index in [1.165, 1.54) is 0 Å². The van der Waals surface area contributed by atoms with Gasteiger partial charge >= 0.3 is 6.07 Å². The van der Waals surface area contributed by atoms with Crippen LogP contribution in [0.3, 0.4) is 0 Å². The number of hydrogen-bond acceptors (Lipinski definition) is 3. The predicted octanol–water partition coefficient (Wildman–Crippen LogP) is 2.40. The molecule has 0 fully saturated rings. The van der Waals surface area contributed by atoms with Gasteiger partial charge in [-0.25, -0.2) is 0 Å². The van der Waals surface area contributed by atoms with Crippen LogP contribution in [0.2, 0.25) is 0 Å². The molecule has 1 aliphatic heterocycles. The molecule has 1 aliphatic rings. The van der Waals surface area contributed by atoms with Crippen LogP contribution in [0.5, 0.6) is 0 Å². The molecule has 0 spiro atoms. The maximum atomic E-state index is 9.76. The van der Waals surface area contributed by atoms with Gasteiger partial charge in [0, 0.05) is 11.4 Å². The standard InChI is InChI=1S/C9H14N2O2/c1-7(2)5-9-6-8(11-13-9)3-4-10-12/h7,9H,3,5-6H2,1-2H3. The third kappa shape index (κ3) is 3.32. The van der Waals surface area contributed by atoms with E-state index >= 15 is 0 Å². The molecule has 13 heavy (non-hydrogen) atoms. The van der Waals surface area contributed by atoms with Crippen molar-refractivity contribution >= 4 is 5.71 Å². The lowest BCUT2D eigenvalue weighted by Gasteiger charge is -2.09. The predicted molar refractivity (Wildman–Crippen MR) is 51.6 cm³/mol. The summed E-state index contributed by atoms with van der Waals surface area (Å²) in [7, 11) is 0. The van der Waals surface area contributed by atoms with Gasteiger partial charge in [-0.15, -0.1) is 0 Å². The first kappa shape index (κ1) is 9.85. The van der Waals surface area contributed by atoms with E-state index in [-0.39, 0.29) is 6.10 Å². The second-order valence-corrected chi connectivity index (χ2v) is 3.64. The van der Waals surface area contributed by atoms with Gasteiger partial charge in [-0.2, -0.15) is 0 Å². The molecule has 4 nitrogen and oxygen atoms in total. The number of oxime groups is 1. The highest BCUT2D eigenvalue weighted by Gasteiger charge is 2.22. The lowest BCUT2D eigenvalue weighted by molar-refractivity contribution is 0.0698. The summed E-state index contributed by atoms with van der Waals surface area (Å²) >= 11 is 0. The average Bonchev–Trinajstić information content (AvgIpc) is 2.48. The molecule has 0 aromatic rings. The van der Waals surface area contributed by atoms with Gasteiger partial charge in [0.05, 0.1) is 5.71 Å². The summed E-state index contributed by atoms with van der Waals surface area (Å²) < 4.78 is 0. The molecule has 1 atom stereocenters. The summed E-state index contributed by atoms with van der Waals surface area (Å²) in [6.07, 6.45) is 2.39. The Kier molecular flexibility index (Phi) is 3.56. The average molecular weight is 182 g/mol. The summed E-state index contributed by atoms with van der Waals surface area (Å²) in [5, 5.41) is 16.2. The van der Waals surface area contributed by atoms with Crippen LogP contribution in [0.25, 0.3) is 5.01 Å². The maximum absolute atomic E-state index is 9.76. The smallest absolute Gasteiger partial charge is 0.304 e. The molecule has 0 aromatic heterocycles. The van der Waals surface area contributed by atoms with Gasteiger partial charge in [0.1, 0.15) is 12.5 Å². The fourth-order valence-electron chi connectivity index (χ4n) is 1.37. The van der Waals surface area contributed by atoms with Crippen LogP contribution in [0.4, 0.5) is 0 Å². The van der Waals surface area contributed by atoms with Crippen LogP contribution >= 0.6 is 0 Å². The monoisotopic (exact) mass is 182 g/mol. The van der Waals surface area contributed by atoms with E-state index in [2.05, 4.69) is 30.1 Å². The van der Waals surface area contributed by atoms with Gasteiger partial charge in [0.15, 0.2) is 0 Å². The fraction of sp³-hybridized carbons (Fsp3) is 0.778. The van der Waals surface area contributed by atoms with Crippen molar-refractivity contribution in [3.63, 3.8) is 0 Å². The topological polar surface area (TPSA) is 49.0 Å². The van der Waals surface area contributed by atoms with Crippen molar-refractivity contribution in [3.05, 3.63) is 10.2 Å². The second-order valence-electron chi connectivity index (χ2n) is 3.64. The highest BCUT2D eigenvalue weighted by molar-refractivity contribution is 5.87. The van der Waals surface area contributed by atoms with Gasteiger partial charge in [-0.3, -0.25) is 0 Å². The fourth-order valence-corrected chi connectivity index (χ4v) is 1.37. The van der Waals surface area contributed by atoms with E-state index in [9.17, 15) is 5.21 Å². The molecular weight excluding hydrogens is 168 g/mol. The zero-order valence-corrected chi connectivity index (χ0v) is 7.99. The molecule has 0 bridgehead atoms. The van der Waals surface area contributed by atoms with Crippen molar-refractivity contribution in [1.82, 2.24) is 0 Å². The second kappa shape index (κ2) is 4.70. The summed E-state index contributed by atoms with van der Waals surface area (Å²) in [5.41, 5.74) is 0.866. The Morgan fingerprint density at radius 1 is 1.77 bits per heavy atom. The number of rotatable bonds is 3. The number of nitrogens with zero attached hydrogens (tertiary/aromatic N) is 2. The van der Waals surface area contributed by atoms with Crippen LogP contribution < -0.4 is 0 Å². The van der Waals surface area contributed by atoms with Crippen LogP contribution in [-0.4, -0.2) is 11.8 Å². The highest BCUT2D eigenvalue weighted by Crippen LogP contribution is 2.19. The van der Waals surface area contributed by atoms with E-state index in [4.69, 9.17) is 4.84 Å². The van der Waals surface area contributed by atoms with Crippen LogP contribution in [0.1, 0.15) is 33.1 Å². The Morgan fingerprint density at radius 3 is 3.15 bits per heavy atom. The van der Waals surface area contributed by atoms with Crippen molar-refractivity contribution in [2.45, 2.75) is 39.2 Å². The van der Waals surface area contributed by atoms with Gasteiger partial charge in [0.2, 0.25) is 0 Å². The van der Waals surface area contributed by atoms with E-state index in [1.807, 2.05) is 0 Å². The molecule has 0 N–H and O–H groups in total. The minimum atomic E-state index is 0.184. The number of hydrogen-bond donors (Lipinski definition) is 0. The Hall–Kier alpha value is -1.24. The summed E-state index contributed by atoms with van der Waals surface area (Å²) in [5.74, 6) is 0.608. The molecule has 0 saturated heterocycles. The molecule has 1 heterocycles. The molecular formula is C9H14N2O2. The van der Waals surface area contributed by atoms with E-state index in [0.717, 1.165) is 18.6 Å². The molecule has 4 heteroatoms. The van der Waals surface area contributed by atoms with Gasteiger partial charge in [0.25, 0.3) is 0 Å². The zero-order chi connectivity index (χ0) is 9.68. The first-order valence-electron chi connectivity index (χ1n) is 4.49. The summed E-state index contributed by atoms with van der Waals surface area (Å²) in [6.45, 7) is 4.29. The van der Waals surface area contributed by atoms with E-state index < -0.39 is 0 Å². The zero-order valence-electron chi connectivity index (χ0n) is 7.99. The Morgan fingerprint density at radius 2 is 2.54 bits per heavy atom. The van der Waals surface area contributed by atoms with E-state index in [1.54, 1.807) is 0 Å². The van der Waals surface area contributed by atoms with Crippen molar-refractivity contribution in [1.29, 1.82) is 0 Å². The minimum Gasteiger partial charge on any atom is -0.498 e. The molecule has 0 radical (unpaired) electrons. The SMILES string of the molecule is CC(C)CC1CC(CC#[N+][O-])=NO1. The van der Waals surface area contributed by atoms with Gasteiger partial charge in [-0.1, -0.05) is 19.0 Å². The summed E-state index contributed by atoms with van der Waals surface area (Å²) in [4.78, 5) is 5.18. The van der Waals surface area contributed by atoms with Crippen molar-refractivity contribution in [3.8, 4) is 6.07 Å². The maximum Gasteiger partial charge on any atom is 0.304 e. The quantitative estimate of drug-likeness (QED) is 0.629. The molecule has 0 saturated carbocycles. The van der Waals surface area contributed by atoms with Crippen LogP contribution in [-0.2, 0) is 4.84 Å². The van der Waals surface area contributed by atoms with Crippen molar-refractivity contribution in [2.75, 3.05) is 0 Å². The van der Waals surface area contributed by atoms with E-state index in [0.29, 0.717) is 12.3 Å². The van der Waals surface area contributed by atoms with Crippen molar-refractivity contribution < 1.29 is 4.84 Å². The molecule has 0 amide bonds. The largest absolute Gasteiger partial charge is 0.498 e. The minimum absolute atomic E-state index is 0.184. The first-order chi connectivity index (χ1) is 6.22. The van der Waals surface area contributed by atoms with Gasteiger partial charge in [-0.05, 0) is 12.3 Å². The Bertz CT molecular complexity index is 250.